The van der Waals surface area contributed by atoms with Gasteiger partial charge in [-0.3, -0.25) is 4.79 Å². The SMILES string of the molecule is C[C@H](NC(=O)c1cc(Br)c(Br)s1)c1cccc(F)c1. The highest BCUT2D eigenvalue weighted by molar-refractivity contribution is 9.13. The standard InChI is InChI=1S/C13H10Br2FNOS/c1-7(8-3-2-4-9(16)5-8)17-13(18)11-6-10(14)12(15)19-11/h2-7H,1H3,(H,17,18)/t7-/m0/s1. The Kier molecular flexibility index (Phi) is 4.76. The zero-order chi connectivity index (χ0) is 14.0. The third kappa shape index (κ3) is 3.64. The van der Waals surface area contributed by atoms with Gasteiger partial charge in [-0.2, -0.15) is 0 Å². The lowest BCUT2D eigenvalue weighted by atomic mass is 10.1. The molecule has 1 N–H and O–H groups in total. The number of halogens is 3. The van der Waals surface area contributed by atoms with Crippen LogP contribution in [0.5, 0.6) is 0 Å². The fraction of sp³-hybridized carbons (Fsp3) is 0.154. The molecule has 1 aromatic carbocycles. The van der Waals surface area contributed by atoms with Crippen molar-refractivity contribution in [3.05, 3.63) is 54.8 Å². The lowest BCUT2D eigenvalue weighted by Gasteiger charge is -2.13. The molecule has 0 aliphatic heterocycles. The predicted molar refractivity (Wildman–Crippen MR) is 82.0 cm³/mol. The van der Waals surface area contributed by atoms with Gasteiger partial charge >= 0.3 is 0 Å². The minimum absolute atomic E-state index is 0.173. The van der Waals surface area contributed by atoms with Crippen LogP contribution in [0.3, 0.4) is 0 Å². The van der Waals surface area contributed by atoms with Gasteiger partial charge in [0.2, 0.25) is 0 Å². The molecule has 0 fully saturated rings. The highest BCUT2D eigenvalue weighted by atomic mass is 79.9. The molecule has 19 heavy (non-hydrogen) atoms. The van der Waals surface area contributed by atoms with E-state index >= 15 is 0 Å². The van der Waals surface area contributed by atoms with E-state index in [0.717, 1.165) is 13.8 Å². The molecular formula is C13H10Br2FNOS. The largest absolute Gasteiger partial charge is 0.345 e. The highest BCUT2D eigenvalue weighted by Gasteiger charge is 2.15. The number of amides is 1. The summed E-state index contributed by atoms with van der Waals surface area (Å²) in [6, 6.07) is 7.72. The molecule has 0 bridgehead atoms. The Morgan fingerprint density at radius 2 is 2.11 bits per heavy atom. The van der Waals surface area contributed by atoms with Crippen molar-refractivity contribution in [2.45, 2.75) is 13.0 Å². The van der Waals surface area contributed by atoms with E-state index in [4.69, 9.17) is 0 Å². The number of carbonyl (C=O) groups excluding carboxylic acids is 1. The molecule has 0 aliphatic carbocycles. The summed E-state index contributed by atoms with van der Waals surface area (Å²) in [5.74, 6) is -0.478. The van der Waals surface area contributed by atoms with Crippen molar-refractivity contribution in [2.24, 2.45) is 0 Å². The zero-order valence-electron chi connectivity index (χ0n) is 9.91. The smallest absolute Gasteiger partial charge is 0.261 e. The fourth-order valence-corrected chi connectivity index (χ4v) is 3.52. The average Bonchev–Trinajstić information content (AvgIpc) is 2.69. The van der Waals surface area contributed by atoms with Crippen molar-refractivity contribution in [2.75, 3.05) is 0 Å². The summed E-state index contributed by atoms with van der Waals surface area (Å²) >= 11 is 8.03. The number of rotatable bonds is 3. The first kappa shape index (κ1) is 14.7. The molecule has 100 valence electrons. The maximum absolute atomic E-state index is 13.1. The van der Waals surface area contributed by atoms with Crippen LogP contribution in [0.4, 0.5) is 4.39 Å². The third-order valence-corrected chi connectivity index (χ3v) is 5.82. The zero-order valence-corrected chi connectivity index (χ0v) is 13.9. The molecule has 1 amide bonds. The van der Waals surface area contributed by atoms with E-state index < -0.39 is 0 Å². The summed E-state index contributed by atoms with van der Waals surface area (Å²) in [5.41, 5.74) is 0.739. The normalized spacial score (nSPS) is 12.2. The van der Waals surface area contributed by atoms with Crippen LogP contribution >= 0.6 is 43.2 Å². The Morgan fingerprint density at radius 1 is 1.37 bits per heavy atom. The van der Waals surface area contributed by atoms with Crippen LogP contribution < -0.4 is 5.32 Å². The third-order valence-electron chi connectivity index (χ3n) is 2.57. The Balaban J connectivity index is 2.10. The summed E-state index contributed by atoms with van der Waals surface area (Å²) in [5, 5.41) is 2.84. The summed E-state index contributed by atoms with van der Waals surface area (Å²) < 4.78 is 14.8. The molecule has 2 aromatic rings. The summed E-state index contributed by atoms with van der Waals surface area (Å²) in [4.78, 5) is 12.6. The second-order valence-electron chi connectivity index (χ2n) is 3.98. The maximum atomic E-state index is 13.1. The number of nitrogens with one attached hydrogen (secondary N) is 1. The molecule has 0 radical (unpaired) electrons. The van der Waals surface area contributed by atoms with Gasteiger partial charge in [-0.1, -0.05) is 12.1 Å². The van der Waals surface area contributed by atoms with Crippen molar-refractivity contribution in [1.29, 1.82) is 0 Å². The first-order valence-corrected chi connectivity index (χ1v) is 7.89. The fourth-order valence-electron chi connectivity index (χ4n) is 1.59. The molecule has 2 nitrogen and oxygen atoms in total. The van der Waals surface area contributed by atoms with Gasteiger partial charge < -0.3 is 5.32 Å². The second-order valence-corrected chi connectivity index (χ2v) is 7.21. The molecule has 0 unspecified atom stereocenters. The lowest BCUT2D eigenvalue weighted by Crippen LogP contribution is -2.25. The quantitative estimate of drug-likeness (QED) is 0.771. The van der Waals surface area contributed by atoms with Gasteiger partial charge in [0.25, 0.3) is 5.91 Å². The Morgan fingerprint density at radius 3 is 2.68 bits per heavy atom. The van der Waals surface area contributed by atoms with E-state index in [-0.39, 0.29) is 17.8 Å². The van der Waals surface area contributed by atoms with E-state index in [0.29, 0.717) is 4.88 Å². The number of carbonyl (C=O) groups is 1. The topological polar surface area (TPSA) is 29.1 Å². The molecule has 1 atom stereocenters. The summed E-state index contributed by atoms with van der Waals surface area (Å²) in [6.45, 7) is 1.82. The van der Waals surface area contributed by atoms with Gasteiger partial charge in [0.05, 0.1) is 14.7 Å². The van der Waals surface area contributed by atoms with E-state index in [1.54, 1.807) is 18.2 Å². The molecule has 0 aliphatic rings. The minimum atomic E-state index is -0.305. The van der Waals surface area contributed by atoms with Gasteiger partial charge in [-0.25, -0.2) is 4.39 Å². The van der Waals surface area contributed by atoms with Crippen LogP contribution in [-0.4, -0.2) is 5.91 Å². The maximum Gasteiger partial charge on any atom is 0.261 e. The molecule has 0 saturated heterocycles. The highest BCUT2D eigenvalue weighted by Crippen LogP contribution is 2.32. The molecule has 1 heterocycles. The Hall–Kier alpha value is -0.720. The number of hydrogen-bond donors (Lipinski definition) is 1. The van der Waals surface area contributed by atoms with E-state index in [9.17, 15) is 9.18 Å². The monoisotopic (exact) mass is 405 g/mol. The van der Waals surface area contributed by atoms with Crippen molar-refractivity contribution >= 4 is 49.1 Å². The molecule has 1 aromatic heterocycles. The Bertz CT molecular complexity index is 595. The first-order valence-electron chi connectivity index (χ1n) is 5.48. The van der Waals surface area contributed by atoms with Crippen LogP contribution in [0.2, 0.25) is 0 Å². The summed E-state index contributed by atoms with van der Waals surface area (Å²) in [7, 11) is 0. The first-order chi connectivity index (χ1) is 8.97. The van der Waals surface area contributed by atoms with Crippen molar-refractivity contribution in [3.63, 3.8) is 0 Å². The van der Waals surface area contributed by atoms with E-state index in [2.05, 4.69) is 37.2 Å². The van der Waals surface area contributed by atoms with Crippen LogP contribution in [-0.2, 0) is 0 Å². The minimum Gasteiger partial charge on any atom is -0.345 e. The van der Waals surface area contributed by atoms with Gasteiger partial charge in [-0.15, -0.1) is 11.3 Å². The molecule has 0 saturated carbocycles. The number of thiophene rings is 1. The van der Waals surface area contributed by atoms with Crippen molar-refractivity contribution in [1.82, 2.24) is 5.32 Å². The molecule has 0 spiro atoms. The van der Waals surface area contributed by atoms with Crippen molar-refractivity contribution in [3.8, 4) is 0 Å². The van der Waals surface area contributed by atoms with Gasteiger partial charge in [-0.05, 0) is 62.5 Å². The van der Waals surface area contributed by atoms with Gasteiger partial charge in [0.1, 0.15) is 5.82 Å². The van der Waals surface area contributed by atoms with Crippen LogP contribution in [0.15, 0.2) is 38.6 Å². The lowest BCUT2D eigenvalue weighted by molar-refractivity contribution is 0.0944. The van der Waals surface area contributed by atoms with Crippen LogP contribution in [0.25, 0.3) is 0 Å². The van der Waals surface area contributed by atoms with Gasteiger partial charge in [0, 0.05) is 4.47 Å². The number of benzene rings is 1. The summed E-state index contributed by atoms with van der Waals surface area (Å²) in [6.07, 6.45) is 0. The van der Waals surface area contributed by atoms with E-state index in [1.807, 2.05) is 6.92 Å². The van der Waals surface area contributed by atoms with Crippen LogP contribution in [0, 0.1) is 5.82 Å². The second kappa shape index (κ2) is 6.15. The average molecular weight is 407 g/mol. The molecule has 2 rings (SSSR count). The molecule has 6 heteroatoms. The van der Waals surface area contributed by atoms with Crippen LogP contribution in [0.1, 0.15) is 28.2 Å². The molecular weight excluding hydrogens is 397 g/mol. The van der Waals surface area contributed by atoms with E-state index in [1.165, 1.54) is 23.5 Å². The predicted octanol–water partition coefficient (Wildman–Crippen LogP) is 4.90. The van der Waals surface area contributed by atoms with Crippen molar-refractivity contribution < 1.29 is 9.18 Å². The van der Waals surface area contributed by atoms with Gasteiger partial charge in [0.15, 0.2) is 0 Å². The number of hydrogen-bond acceptors (Lipinski definition) is 2. The Labute approximate surface area is 131 Å².